The summed E-state index contributed by atoms with van der Waals surface area (Å²) in [6.45, 7) is 2.07. The van der Waals surface area contributed by atoms with Crippen molar-refractivity contribution in [1.82, 2.24) is 10.6 Å². The Labute approximate surface area is 113 Å². The highest BCUT2D eigenvalue weighted by molar-refractivity contribution is 5.77. The standard InChI is InChI=1S/C14H21N3O2/c1-15-14(18)10-19-13-6-2-4-11(8-13)17-9-12-5-3-7-16-12/h2,4,6,8,12,16-17H,3,5,7,9-10H2,1H3,(H,15,18). The van der Waals surface area contributed by atoms with E-state index >= 15 is 0 Å². The molecule has 0 saturated carbocycles. The molecule has 1 atom stereocenters. The lowest BCUT2D eigenvalue weighted by atomic mass is 10.2. The zero-order valence-electron chi connectivity index (χ0n) is 11.2. The number of hydrogen-bond acceptors (Lipinski definition) is 4. The Hall–Kier alpha value is -1.75. The molecule has 104 valence electrons. The molecule has 0 aromatic heterocycles. The Bertz CT molecular complexity index is 417. The number of nitrogens with one attached hydrogen (secondary N) is 3. The van der Waals surface area contributed by atoms with Crippen molar-refractivity contribution >= 4 is 11.6 Å². The van der Waals surface area contributed by atoms with Crippen LogP contribution in [0.1, 0.15) is 12.8 Å². The lowest BCUT2D eigenvalue weighted by molar-refractivity contribution is -0.122. The second-order valence-electron chi connectivity index (χ2n) is 4.66. The summed E-state index contributed by atoms with van der Waals surface area (Å²) in [6, 6.07) is 8.24. The molecule has 1 unspecified atom stereocenters. The molecule has 5 nitrogen and oxygen atoms in total. The van der Waals surface area contributed by atoms with Crippen molar-refractivity contribution in [3.63, 3.8) is 0 Å². The zero-order chi connectivity index (χ0) is 13.5. The van der Waals surface area contributed by atoms with Crippen LogP contribution in [0.15, 0.2) is 24.3 Å². The van der Waals surface area contributed by atoms with Gasteiger partial charge in [-0.25, -0.2) is 0 Å². The Morgan fingerprint density at radius 3 is 3.16 bits per heavy atom. The number of benzene rings is 1. The molecule has 1 saturated heterocycles. The molecule has 0 bridgehead atoms. The van der Waals surface area contributed by atoms with Crippen LogP contribution in [0.3, 0.4) is 0 Å². The minimum atomic E-state index is -0.131. The molecule has 2 rings (SSSR count). The van der Waals surface area contributed by atoms with Crippen molar-refractivity contribution in [2.45, 2.75) is 18.9 Å². The number of ether oxygens (including phenoxy) is 1. The fourth-order valence-corrected chi connectivity index (χ4v) is 2.09. The van der Waals surface area contributed by atoms with Crippen LogP contribution in [0, 0.1) is 0 Å². The van der Waals surface area contributed by atoms with E-state index in [1.54, 1.807) is 7.05 Å². The van der Waals surface area contributed by atoms with Crippen molar-refractivity contribution < 1.29 is 9.53 Å². The van der Waals surface area contributed by atoms with E-state index < -0.39 is 0 Å². The summed E-state index contributed by atoms with van der Waals surface area (Å²) < 4.78 is 5.40. The third-order valence-electron chi connectivity index (χ3n) is 3.20. The molecule has 1 amide bonds. The summed E-state index contributed by atoms with van der Waals surface area (Å²) in [7, 11) is 1.60. The van der Waals surface area contributed by atoms with Gasteiger partial charge in [-0.05, 0) is 31.5 Å². The maximum Gasteiger partial charge on any atom is 0.257 e. The van der Waals surface area contributed by atoms with E-state index in [1.807, 2.05) is 24.3 Å². The van der Waals surface area contributed by atoms with Gasteiger partial charge in [0.25, 0.3) is 5.91 Å². The van der Waals surface area contributed by atoms with Gasteiger partial charge in [-0.3, -0.25) is 4.79 Å². The number of anilines is 1. The molecule has 1 heterocycles. The number of carbonyl (C=O) groups is 1. The zero-order valence-corrected chi connectivity index (χ0v) is 11.2. The first-order valence-corrected chi connectivity index (χ1v) is 6.68. The van der Waals surface area contributed by atoms with Gasteiger partial charge < -0.3 is 20.7 Å². The second kappa shape index (κ2) is 6.99. The molecule has 5 heteroatoms. The van der Waals surface area contributed by atoms with E-state index in [2.05, 4.69) is 16.0 Å². The average molecular weight is 263 g/mol. The summed E-state index contributed by atoms with van der Waals surface area (Å²) in [6.07, 6.45) is 2.47. The minimum absolute atomic E-state index is 0.0458. The number of likely N-dealkylation sites (N-methyl/N-ethyl adjacent to an activating group) is 1. The summed E-state index contributed by atoms with van der Waals surface area (Å²) in [4.78, 5) is 11.1. The van der Waals surface area contributed by atoms with Crippen molar-refractivity contribution in [3.8, 4) is 5.75 Å². The molecule has 1 aliphatic rings. The van der Waals surface area contributed by atoms with Crippen LogP contribution in [0.25, 0.3) is 0 Å². The van der Waals surface area contributed by atoms with E-state index in [4.69, 9.17) is 4.74 Å². The van der Waals surface area contributed by atoms with Gasteiger partial charge in [-0.1, -0.05) is 6.07 Å². The smallest absolute Gasteiger partial charge is 0.257 e. The molecule has 1 aromatic rings. The largest absolute Gasteiger partial charge is 0.484 e. The van der Waals surface area contributed by atoms with Crippen molar-refractivity contribution in [3.05, 3.63) is 24.3 Å². The van der Waals surface area contributed by atoms with Crippen LogP contribution in [0.5, 0.6) is 5.75 Å². The molecule has 1 fully saturated rings. The number of carbonyl (C=O) groups excluding carboxylic acids is 1. The molecule has 1 aromatic carbocycles. The van der Waals surface area contributed by atoms with Crippen LogP contribution < -0.4 is 20.7 Å². The normalized spacial score (nSPS) is 18.1. The summed E-state index contributed by atoms with van der Waals surface area (Å²) in [5, 5.41) is 9.35. The van der Waals surface area contributed by atoms with Gasteiger partial charge >= 0.3 is 0 Å². The molecular weight excluding hydrogens is 242 g/mol. The van der Waals surface area contributed by atoms with E-state index in [9.17, 15) is 4.79 Å². The summed E-state index contributed by atoms with van der Waals surface area (Å²) >= 11 is 0. The van der Waals surface area contributed by atoms with Crippen molar-refractivity contribution in [2.75, 3.05) is 32.1 Å². The lowest BCUT2D eigenvalue weighted by Crippen LogP contribution is -2.29. The Morgan fingerprint density at radius 1 is 1.53 bits per heavy atom. The number of rotatable bonds is 6. The van der Waals surface area contributed by atoms with Crippen LogP contribution in [-0.2, 0) is 4.79 Å². The predicted octanol–water partition coefficient (Wildman–Crippen LogP) is 0.975. The first-order valence-electron chi connectivity index (χ1n) is 6.68. The Morgan fingerprint density at radius 2 is 2.42 bits per heavy atom. The van der Waals surface area contributed by atoms with E-state index in [1.165, 1.54) is 12.8 Å². The highest BCUT2D eigenvalue weighted by atomic mass is 16.5. The molecule has 19 heavy (non-hydrogen) atoms. The van der Waals surface area contributed by atoms with Gasteiger partial charge in [0, 0.05) is 31.4 Å². The SMILES string of the molecule is CNC(=O)COc1cccc(NCC2CCCN2)c1. The lowest BCUT2D eigenvalue weighted by Gasteiger charge is -2.13. The Kier molecular flexibility index (Phi) is 5.03. The maximum atomic E-state index is 11.1. The summed E-state index contributed by atoms with van der Waals surface area (Å²) in [5.74, 6) is 0.571. The van der Waals surface area contributed by atoms with Gasteiger partial charge in [0.05, 0.1) is 0 Å². The fourth-order valence-electron chi connectivity index (χ4n) is 2.09. The Balaban J connectivity index is 1.82. The monoisotopic (exact) mass is 263 g/mol. The van der Waals surface area contributed by atoms with Crippen LogP contribution in [-0.4, -0.2) is 38.7 Å². The van der Waals surface area contributed by atoms with Gasteiger partial charge in [-0.2, -0.15) is 0 Å². The van der Waals surface area contributed by atoms with Crippen LogP contribution >= 0.6 is 0 Å². The van der Waals surface area contributed by atoms with Gasteiger partial charge in [0.15, 0.2) is 6.61 Å². The van der Waals surface area contributed by atoms with Crippen LogP contribution in [0.2, 0.25) is 0 Å². The third-order valence-corrected chi connectivity index (χ3v) is 3.20. The third kappa shape index (κ3) is 4.44. The van der Waals surface area contributed by atoms with Crippen molar-refractivity contribution in [2.24, 2.45) is 0 Å². The predicted molar refractivity (Wildman–Crippen MR) is 75.5 cm³/mol. The van der Waals surface area contributed by atoms with Crippen molar-refractivity contribution in [1.29, 1.82) is 0 Å². The van der Waals surface area contributed by atoms with Gasteiger partial charge in [-0.15, -0.1) is 0 Å². The number of amides is 1. The minimum Gasteiger partial charge on any atom is -0.484 e. The van der Waals surface area contributed by atoms with E-state index in [0.29, 0.717) is 11.8 Å². The van der Waals surface area contributed by atoms with E-state index in [0.717, 1.165) is 18.8 Å². The van der Waals surface area contributed by atoms with Gasteiger partial charge in [0.2, 0.25) is 0 Å². The molecule has 0 radical (unpaired) electrons. The van der Waals surface area contributed by atoms with Gasteiger partial charge in [0.1, 0.15) is 5.75 Å². The van der Waals surface area contributed by atoms with E-state index in [-0.39, 0.29) is 12.5 Å². The maximum absolute atomic E-state index is 11.1. The first kappa shape index (κ1) is 13.7. The quantitative estimate of drug-likeness (QED) is 0.716. The molecule has 1 aliphatic heterocycles. The highest BCUT2D eigenvalue weighted by Crippen LogP contribution is 2.17. The highest BCUT2D eigenvalue weighted by Gasteiger charge is 2.13. The molecular formula is C14H21N3O2. The van der Waals surface area contributed by atoms with Crippen LogP contribution in [0.4, 0.5) is 5.69 Å². The second-order valence-corrected chi connectivity index (χ2v) is 4.66. The first-order chi connectivity index (χ1) is 9.28. The molecule has 3 N–H and O–H groups in total. The molecule has 0 spiro atoms. The fraction of sp³-hybridized carbons (Fsp3) is 0.500. The average Bonchev–Trinajstić information content (AvgIpc) is 2.96. The number of hydrogen-bond donors (Lipinski definition) is 3. The topological polar surface area (TPSA) is 62.4 Å². The summed E-state index contributed by atoms with van der Waals surface area (Å²) in [5.41, 5.74) is 1.02. The molecule has 0 aliphatic carbocycles.